The van der Waals surface area contributed by atoms with Crippen molar-refractivity contribution in [2.45, 2.75) is 11.8 Å². The van der Waals surface area contributed by atoms with E-state index in [4.69, 9.17) is 4.42 Å². The van der Waals surface area contributed by atoms with Crippen molar-refractivity contribution in [2.75, 3.05) is 4.72 Å². The molecule has 25 heavy (non-hydrogen) atoms. The van der Waals surface area contributed by atoms with Gasteiger partial charge in [0.2, 0.25) is 0 Å². The maximum atomic E-state index is 12.4. The third kappa shape index (κ3) is 3.22. The van der Waals surface area contributed by atoms with Crippen molar-refractivity contribution in [3.8, 4) is 0 Å². The summed E-state index contributed by atoms with van der Waals surface area (Å²) in [7, 11) is -4.19. The number of non-ortho nitro benzene ring substituents is 1. The Bertz CT molecular complexity index is 1150. The first-order valence-corrected chi connectivity index (χ1v) is 8.57. The van der Waals surface area contributed by atoms with Crippen LogP contribution in [0.1, 0.15) is 5.56 Å². The summed E-state index contributed by atoms with van der Waals surface area (Å²) in [6, 6.07) is 11.1. The van der Waals surface area contributed by atoms with Crippen LogP contribution in [0, 0.1) is 17.0 Å². The number of nitro benzene ring substituents is 1. The highest BCUT2D eigenvalue weighted by Crippen LogP contribution is 2.22. The van der Waals surface area contributed by atoms with E-state index >= 15 is 0 Å². The lowest BCUT2D eigenvalue weighted by molar-refractivity contribution is -0.385. The number of sulfonamides is 1. The molecule has 1 aromatic heterocycles. The maximum absolute atomic E-state index is 12.4. The SMILES string of the molecule is Cc1cccc2cc(NS(=O)(=O)c3cccc([N+](=O)[O-])c3)c(=O)oc12. The topological polar surface area (TPSA) is 120 Å². The molecule has 0 unspecified atom stereocenters. The zero-order chi connectivity index (χ0) is 18.2. The van der Waals surface area contributed by atoms with Crippen molar-refractivity contribution in [2.24, 2.45) is 0 Å². The molecule has 0 atom stereocenters. The molecule has 0 aliphatic heterocycles. The van der Waals surface area contributed by atoms with Gasteiger partial charge < -0.3 is 4.42 Å². The molecule has 0 amide bonds. The van der Waals surface area contributed by atoms with Crippen LogP contribution in [0.25, 0.3) is 11.0 Å². The molecule has 9 heteroatoms. The standard InChI is InChI=1S/C16H12N2O6S/c1-10-4-2-5-11-8-14(16(19)24-15(10)11)17-25(22,23)13-7-3-6-12(9-13)18(20)21/h2-9,17H,1H3. The molecular weight excluding hydrogens is 348 g/mol. The van der Waals surface area contributed by atoms with Crippen LogP contribution in [0.3, 0.4) is 0 Å². The first kappa shape index (κ1) is 16.7. The molecule has 0 saturated carbocycles. The minimum atomic E-state index is -4.19. The molecule has 3 rings (SSSR count). The molecule has 3 aromatic rings. The van der Waals surface area contributed by atoms with E-state index in [0.717, 1.165) is 11.6 Å². The Labute approximate surface area is 141 Å². The van der Waals surface area contributed by atoms with Crippen molar-refractivity contribution in [1.29, 1.82) is 0 Å². The Hall–Kier alpha value is -3.20. The van der Waals surface area contributed by atoms with Gasteiger partial charge in [-0.1, -0.05) is 24.3 Å². The van der Waals surface area contributed by atoms with E-state index < -0.39 is 20.6 Å². The summed E-state index contributed by atoms with van der Waals surface area (Å²) in [5, 5.41) is 11.3. The van der Waals surface area contributed by atoms with E-state index in [0.29, 0.717) is 11.0 Å². The average molecular weight is 360 g/mol. The fourth-order valence-electron chi connectivity index (χ4n) is 2.33. The largest absolute Gasteiger partial charge is 0.421 e. The molecule has 0 bridgehead atoms. The van der Waals surface area contributed by atoms with Crippen LogP contribution in [0.15, 0.2) is 62.6 Å². The summed E-state index contributed by atoms with van der Waals surface area (Å²) in [6.07, 6.45) is 0. The number of nitrogens with zero attached hydrogens (tertiary/aromatic N) is 1. The minimum absolute atomic E-state index is 0.274. The highest BCUT2D eigenvalue weighted by atomic mass is 32.2. The van der Waals surface area contributed by atoms with E-state index in [-0.39, 0.29) is 16.3 Å². The van der Waals surface area contributed by atoms with Gasteiger partial charge in [0.25, 0.3) is 15.7 Å². The zero-order valence-electron chi connectivity index (χ0n) is 12.9. The summed E-state index contributed by atoms with van der Waals surface area (Å²) < 4.78 is 32.1. The number of hydrogen-bond acceptors (Lipinski definition) is 6. The van der Waals surface area contributed by atoms with Gasteiger partial charge in [0.15, 0.2) is 0 Å². The van der Waals surface area contributed by atoms with Crippen LogP contribution >= 0.6 is 0 Å². The predicted molar refractivity (Wildman–Crippen MR) is 91.1 cm³/mol. The Morgan fingerprint density at radius 2 is 1.84 bits per heavy atom. The molecule has 8 nitrogen and oxygen atoms in total. The van der Waals surface area contributed by atoms with Crippen LogP contribution in [-0.4, -0.2) is 13.3 Å². The van der Waals surface area contributed by atoms with E-state index in [9.17, 15) is 23.3 Å². The van der Waals surface area contributed by atoms with Crippen molar-refractivity contribution in [1.82, 2.24) is 0 Å². The summed E-state index contributed by atoms with van der Waals surface area (Å²) in [5.74, 6) is 0. The first-order chi connectivity index (χ1) is 11.8. The zero-order valence-corrected chi connectivity index (χ0v) is 13.7. The number of anilines is 1. The second-order valence-corrected chi connectivity index (χ2v) is 6.98. The lowest BCUT2D eigenvalue weighted by Gasteiger charge is -2.08. The lowest BCUT2D eigenvalue weighted by atomic mass is 10.1. The predicted octanol–water partition coefficient (Wildman–Crippen LogP) is 2.81. The van der Waals surface area contributed by atoms with Crippen LogP contribution in [0.5, 0.6) is 0 Å². The van der Waals surface area contributed by atoms with E-state index in [1.165, 1.54) is 24.3 Å². The maximum Gasteiger partial charge on any atom is 0.360 e. The van der Waals surface area contributed by atoms with Crippen molar-refractivity contribution < 1.29 is 17.8 Å². The number of hydrogen-bond donors (Lipinski definition) is 1. The third-order valence-electron chi connectivity index (χ3n) is 3.54. The molecule has 128 valence electrons. The van der Waals surface area contributed by atoms with Crippen LogP contribution < -0.4 is 10.3 Å². The lowest BCUT2D eigenvalue weighted by Crippen LogP contribution is -2.18. The molecule has 0 fully saturated rings. The number of para-hydroxylation sites is 1. The van der Waals surface area contributed by atoms with Gasteiger partial charge in [-0.3, -0.25) is 14.8 Å². The van der Waals surface area contributed by atoms with Crippen molar-refractivity contribution in [3.63, 3.8) is 0 Å². The molecule has 1 heterocycles. The van der Waals surface area contributed by atoms with Gasteiger partial charge in [0.05, 0.1) is 9.82 Å². The Kier molecular flexibility index (Phi) is 4.01. The fourth-order valence-corrected chi connectivity index (χ4v) is 3.41. The number of benzene rings is 2. The van der Waals surface area contributed by atoms with Crippen molar-refractivity contribution in [3.05, 3.63) is 74.6 Å². The van der Waals surface area contributed by atoms with Crippen molar-refractivity contribution >= 4 is 32.4 Å². The normalized spacial score (nSPS) is 11.4. The molecular formula is C16H12N2O6S. The molecule has 0 aliphatic carbocycles. The van der Waals surface area contributed by atoms with Gasteiger partial charge in [-0.2, -0.15) is 0 Å². The Balaban J connectivity index is 2.05. The van der Waals surface area contributed by atoms with Crippen LogP contribution in [-0.2, 0) is 10.0 Å². The van der Waals surface area contributed by atoms with Gasteiger partial charge in [0.1, 0.15) is 11.3 Å². The molecule has 1 N–H and O–H groups in total. The molecule has 0 spiro atoms. The third-order valence-corrected chi connectivity index (χ3v) is 4.90. The second-order valence-electron chi connectivity index (χ2n) is 5.30. The summed E-state index contributed by atoms with van der Waals surface area (Å²) in [4.78, 5) is 21.8. The van der Waals surface area contributed by atoms with Gasteiger partial charge in [-0.15, -0.1) is 0 Å². The average Bonchev–Trinajstić information content (AvgIpc) is 2.56. The summed E-state index contributed by atoms with van der Waals surface area (Å²) in [6.45, 7) is 1.76. The summed E-state index contributed by atoms with van der Waals surface area (Å²) in [5.41, 5.74) is -0.391. The highest BCUT2D eigenvalue weighted by Gasteiger charge is 2.20. The highest BCUT2D eigenvalue weighted by molar-refractivity contribution is 7.92. The van der Waals surface area contributed by atoms with Crippen LogP contribution in [0.2, 0.25) is 0 Å². The van der Waals surface area contributed by atoms with Gasteiger partial charge >= 0.3 is 5.63 Å². The van der Waals surface area contributed by atoms with Gasteiger partial charge in [-0.05, 0) is 24.6 Å². The minimum Gasteiger partial charge on any atom is -0.421 e. The van der Waals surface area contributed by atoms with E-state index in [1.54, 1.807) is 25.1 Å². The number of fused-ring (bicyclic) bond motifs is 1. The summed E-state index contributed by atoms with van der Waals surface area (Å²) >= 11 is 0. The second kappa shape index (κ2) is 6.02. The van der Waals surface area contributed by atoms with Crippen LogP contribution in [0.4, 0.5) is 11.4 Å². The number of nitro groups is 1. The van der Waals surface area contributed by atoms with E-state index in [2.05, 4.69) is 4.72 Å². The number of rotatable bonds is 4. The van der Waals surface area contributed by atoms with Gasteiger partial charge in [-0.25, -0.2) is 13.2 Å². The molecule has 0 radical (unpaired) electrons. The Morgan fingerprint density at radius 3 is 2.56 bits per heavy atom. The fraction of sp³-hybridized carbons (Fsp3) is 0.0625. The monoisotopic (exact) mass is 360 g/mol. The Morgan fingerprint density at radius 1 is 1.12 bits per heavy atom. The van der Waals surface area contributed by atoms with E-state index in [1.807, 2.05) is 0 Å². The smallest absolute Gasteiger partial charge is 0.360 e. The van der Waals surface area contributed by atoms with Gasteiger partial charge in [0, 0.05) is 17.5 Å². The molecule has 2 aromatic carbocycles. The first-order valence-electron chi connectivity index (χ1n) is 7.09. The number of nitrogens with one attached hydrogen (secondary N) is 1. The quantitative estimate of drug-likeness (QED) is 0.434. The number of aryl methyl sites for hydroxylation is 1. The molecule has 0 saturated heterocycles. The molecule has 0 aliphatic rings.